The van der Waals surface area contributed by atoms with Gasteiger partial charge >= 0.3 is 0 Å². The molecule has 1 aromatic heterocycles. The Morgan fingerprint density at radius 1 is 1.40 bits per heavy atom. The molecule has 1 heterocycles. The number of furan rings is 1. The molecule has 2 rings (SSSR count). The van der Waals surface area contributed by atoms with Crippen LogP contribution in [0.3, 0.4) is 0 Å². The van der Waals surface area contributed by atoms with E-state index in [1.54, 1.807) is 13.2 Å². The van der Waals surface area contributed by atoms with Crippen molar-refractivity contribution in [2.24, 2.45) is 0 Å². The third kappa shape index (κ3) is 3.04. The summed E-state index contributed by atoms with van der Waals surface area (Å²) in [5.41, 5.74) is 2.54. The first-order chi connectivity index (χ1) is 9.52. The van der Waals surface area contributed by atoms with Crippen LogP contribution in [0, 0.1) is 6.92 Å². The highest BCUT2D eigenvalue weighted by molar-refractivity contribution is 9.10. The van der Waals surface area contributed by atoms with Crippen LogP contribution >= 0.6 is 15.9 Å². The lowest BCUT2D eigenvalue weighted by Crippen LogP contribution is -2.26. The molecule has 4 nitrogen and oxygen atoms in total. The van der Waals surface area contributed by atoms with Crippen LogP contribution in [0.1, 0.15) is 34.5 Å². The second kappa shape index (κ2) is 6.13. The lowest BCUT2D eigenvalue weighted by atomic mass is 10.0. The summed E-state index contributed by atoms with van der Waals surface area (Å²) in [6.45, 7) is 3.92. The first kappa shape index (κ1) is 14.7. The highest BCUT2D eigenvalue weighted by atomic mass is 79.9. The lowest BCUT2D eigenvalue weighted by molar-refractivity contribution is 0.0937. The Labute approximate surface area is 126 Å². The van der Waals surface area contributed by atoms with Gasteiger partial charge in [0, 0.05) is 5.56 Å². The summed E-state index contributed by atoms with van der Waals surface area (Å²) in [7, 11) is 1.62. The number of carbonyl (C=O) groups is 1. The van der Waals surface area contributed by atoms with Gasteiger partial charge < -0.3 is 14.5 Å². The number of benzene rings is 1. The molecule has 0 aliphatic heterocycles. The van der Waals surface area contributed by atoms with Crippen molar-refractivity contribution in [1.82, 2.24) is 5.32 Å². The molecule has 2 aromatic rings. The van der Waals surface area contributed by atoms with Gasteiger partial charge in [-0.15, -0.1) is 0 Å². The molecule has 106 valence electrons. The molecule has 0 fully saturated rings. The normalized spacial score (nSPS) is 12.0. The molecule has 0 spiro atoms. The molecule has 1 aromatic carbocycles. The largest absolute Gasteiger partial charge is 0.496 e. The SMILES string of the molecule is COc1ccc(C)cc1C(C)NC(=O)c1ccoc1Br. The molecule has 0 aliphatic carbocycles. The zero-order valence-corrected chi connectivity index (χ0v) is 13.2. The smallest absolute Gasteiger partial charge is 0.256 e. The number of hydrogen-bond acceptors (Lipinski definition) is 3. The Bertz CT molecular complexity index is 621. The number of rotatable bonds is 4. The topological polar surface area (TPSA) is 51.5 Å². The standard InChI is InChI=1S/C15H16BrNO3/c1-9-4-5-13(19-3)12(8-9)10(2)17-15(18)11-6-7-20-14(11)16/h4-8,10H,1-3H3,(H,17,18). The molecule has 5 heteroatoms. The van der Waals surface area contributed by atoms with Crippen molar-refractivity contribution in [3.8, 4) is 5.75 Å². The van der Waals surface area contributed by atoms with E-state index in [1.165, 1.54) is 6.26 Å². The van der Waals surface area contributed by atoms with Crippen molar-refractivity contribution in [2.75, 3.05) is 7.11 Å². The summed E-state index contributed by atoms with van der Waals surface area (Å²) in [5, 5.41) is 2.93. The first-order valence-electron chi connectivity index (χ1n) is 6.21. The number of amides is 1. The Morgan fingerprint density at radius 3 is 2.75 bits per heavy atom. The zero-order valence-electron chi connectivity index (χ0n) is 11.6. The number of carbonyl (C=O) groups excluding carboxylic acids is 1. The van der Waals surface area contributed by atoms with Gasteiger partial charge in [-0.1, -0.05) is 17.7 Å². The van der Waals surface area contributed by atoms with Crippen LogP contribution in [0.4, 0.5) is 0 Å². The Morgan fingerprint density at radius 2 is 2.15 bits per heavy atom. The minimum atomic E-state index is -0.193. The Balaban J connectivity index is 2.20. The Hall–Kier alpha value is -1.75. The molecule has 20 heavy (non-hydrogen) atoms. The van der Waals surface area contributed by atoms with Gasteiger partial charge in [-0.05, 0) is 41.9 Å². The molecule has 0 saturated carbocycles. The fourth-order valence-electron chi connectivity index (χ4n) is 2.00. The molecule has 0 bridgehead atoms. The zero-order chi connectivity index (χ0) is 14.7. The van der Waals surface area contributed by atoms with E-state index in [0.29, 0.717) is 10.2 Å². The number of aryl methyl sites for hydroxylation is 1. The molecule has 0 saturated heterocycles. The average molecular weight is 338 g/mol. The third-order valence-electron chi connectivity index (χ3n) is 3.06. The summed E-state index contributed by atoms with van der Waals surface area (Å²) in [6.07, 6.45) is 1.47. The third-order valence-corrected chi connectivity index (χ3v) is 3.68. The summed E-state index contributed by atoms with van der Waals surface area (Å²) < 4.78 is 10.8. The molecule has 1 atom stereocenters. The predicted molar refractivity (Wildman–Crippen MR) is 80.0 cm³/mol. The second-order valence-electron chi connectivity index (χ2n) is 4.55. The van der Waals surface area contributed by atoms with Crippen molar-refractivity contribution >= 4 is 21.8 Å². The number of ether oxygens (including phenoxy) is 1. The highest BCUT2D eigenvalue weighted by Gasteiger charge is 2.18. The second-order valence-corrected chi connectivity index (χ2v) is 5.27. The fourth-order valence-corrected chi connectivity index (χ4v) is 2.42. The summed E-state index contributed by atoms with van der Waals surface area (Å²) in [6, 6.07) is 7.34. The van der Waals surface area contributed by atoms with Crippen LogP contribution in [-0.2, 0) is 0 Å². The van der Waals surface area contributed by atoms with E-state index in [-0.39, 0.29) is 11.9 Å². The van der Waals surface area contributed by atoms with Crippen molar-refractivity contribution in [2.45, 2.75) is 19.9 Å². The number of methoxy groups -OCH3 is 1. The maximum Gasteiger partial charge on any atom is 0.256 e. The lowest BCUT2D eigenvalue weighted by Gasteiger charge is -2.17. The molecule has 0 radical (unpaired) electrons. The van der Waals surface area contributed by atoms with Crippen LogP contribution in [0.5, 0.6) is 5.75 Å². The van der Waals surface area contributed by atoms with E-state index in [9.17, 15) is 4.79 Å². The number of nitrogens with one attached hydrogen (secondary N) is 1. The molecule has 0 aliphatic rings. The predicted octanol–water partition coefficient (Wildman–Crippen LogP) is 3.85. The van der Waals surface area contributed by atoms with Gasteiger partial charge in [0.2, 0.25) is 0 Å². The van der Waals surface area contributed by atoms with E-state index < -0.39 is 0 Å². The van der Waals surface area contributed by atoms with Gasteiger partial charge in [-0.3, -0.25) is 4.79 Å². The van der Waals surface area contributed by atoms with Crippen molar-refractivity contribution in [1.29, 1.82) is 0 Å². The van der Waals surface area contributed by atoms with Gasteiger partial charge in [0.05, 0.1) is 25.0 Å². The maximum atomic E-state index is 12.2. The van der Waals surface area contributed by atoms with Gasteiger partial charge in [-0.2, -0.15) is 0 Å². The molecule has 1 N–H and O–H groups in total. The number of halogens is 1. The first-order valence-corrected chi connectivity index (χ1v) is 7.00. The van der Waals surface area contributed by atoms with Crippen LogP contribution in [-0.4, -0.2) is 13.0 Å². The molecule has 1 unspecified atom stereocenters. The van der Waals surface area contributed by atoms with E-state index in [2.05, 4.69) is 21.2 Å². The van der Waals surface area contributed by atoms with E-state index >= 15 is 0 Å². The summed E-state index contributed by atoms with van der Waals surface area (Å²) >= 11 is 3.20. The van der Waals surface area contributed by atoms with Crippen molar-refractivity contribution in [3.63, 3.8) is 0 Å². The van der Waals surface area contributed by atoms with Crippen molar-refractivity contribution < 1.29 is 13.9 Å². The summed E-state index contributed by atoms with van der Waals surface area (Å²) in [5.74, 6) is 0.566. The summed E-state index contributed by atoms with van der Waals surface area (Å²) in [4.78, 5) is 12.2. The van der Waals surface area contributed by atoms with E-state index in [1.807, 2.05) is 32.0 Å². The van der Waals surface area contributed by atoms with Gasteiger partial charge in [-0.25, -0.2) is 0 Å². The molecular formula is C15H16BrNO3. The fraction of sp³-hybridized carbons (Fsp3) is 0.267. The van der Waals surface area contributed by atoms with Gasteiger partial charge in [0.25, 0.3) is 5.91 Å². The monoisotopic (exact) mass is 337 g/mol. The minimum Gasteiger partial charge on any atom is -0.496 e. The highest BCUT2D eigenvalue weighted by Crippen LogP contribution is 2.27. The minimum absolute atomic E-state index is 0.167. The van der Waals surface area contributed by atoms with Crippen LogP contribution in [0.2, 0.25) is 0 Å². The van der Waals surface area contributed by atoms with Crippen LogP contribution in [0.25, 0.3) is 0 Å². The van der Waals surface area contributed by atoms with Gasteiger partial charge in [0.1, 0.15) is 5.75 Å². The van der Waals surface area contributed by atoms with E-state index in [4.69, 9.17) is 9.15 Å². The quantitative estimate of drug-likeness (QED) is 0.921. The van der Waals surface area contributed by atoms with Crippen LogP contribution in [0.15, 0.2) is 39.6 Å². The number of hydrogen-bond donors (Lipinski definition) is 1. The average Bonchev–Trinajstić information content (AvgIpc) is 2.85. The van der Waals surface area contributed by atoms with Crippen LogP contribution < -0.4 is 10.1 Å². The molecular weight excluding hydrogens is 322 g/mol. The maximum absolute atomic E-state index is 12.2. The van der Waals surface area contributed by atoms with E-state index in [0.717, 1.165) is 16.9 Å². The molecule has 1 amide bonds. The van der Waals surface area contributed by atoms with Gasteiger partial charge in [0.15, 0.2) is 4.67 Å². The van der Waals surface area contributed by atoms with Crippen molar-refractivity contribution in [3.05, 3.63) is 51.9 Å². The Kier molecular flexibility index (Phi) is 4.49.